The van der Waals surface area contributed by atoms with Crippen molar-refractivity contribution < 1.29 is 0 Å². The molecule has 0 saturated heterocycles. The van der Waals surface area contributed by atoms with E-state index in [9.17, 15) is 0 Å². The van der Waals surface area contributed by atoms with E-state index in [4.69, 9.17) is 5.73 Å². The molecule has 1 atom stereocenters. The molecule has 0 aliphatic carbocycles. The first-order valence-electron chi connectivity index (χ1n) is 5.24. The smallest absolute Gasteiger partial charge is 0.0224 e. The van der Waals surface area contributed by atoms with Gasteiger partial charge >= 0.3 is 0 Å². The normalized spacial score (nSPS) is 13.7. The van der Waals surface area contributed by atoms with E-state index < -0.39 is 0 Å². The molecule has 0 spiro atoms. The lowest BCUT2D eigenvalue weighted by Gasteiger charge is -2.33. The fourth-order valence-corrected chi connectivity index (χ4v) is 1.68. The molecular weight excluding hydrogens is 160 g/mol. The summed E-state index contributed by atoms with van der Waals surface area (Å²) in [7, 11) is 0. The predicted molar refractivity (Wildman–Crippen MR) is 59.8 cm³/mol. The first-order chi connectivity index (χ1) is 6.17. The summed E-state index contributed by atoms with van der Waals surface area (Å²) in [6.45, 7) is 12.1. The van der Waals surface area contributed by atoms with Crippen LogP contribution < -0.4 is 5.73 Å². The van der Waals surface area contributed by atoms with Gasteiger partial charge < -0.3 is 5.73 Å². The van der Waals surface area contributed by atoms with Crippen molar-refractivity contribution in [1.29, 1.82) is 0 Å². The van der Waals surface area contributed by atoms with Crippen LogP contribution in [0.1, 0.15) is 33.6 Å². The van der Waals surface area contributed by atoms with E-state index in [0.717, 1.165) is 13.1 Å². The minimum Gasteiger partial charge on any atom is -0.329 e. The second-order valence-corrected chi connectivity index (χ2v) is 3.76. The molecule has 0 aromatic carbocycles. The van der Waals surface area contributed by atoms with Crippen molar-refractivity contribution in [2.75, 3.05) is 13.1 Å². The molecule has 2 heteroatoms. The number of nitrogens with zero attached hydrogens (tertiary/aromatic N) is 1. The molecule has 0 rings (SSSR count). The predicted octanol–water partition coefficient (Wildman–Crippen LogP) is 2.01. The van der Waals surface area contributed by atoms with Crippen LogP contribution in [0.4, 0.5) is 0 Å². The molecule has 0 bridgehead atoms. The first kappa shape index (κ1) is 12.7. The molecule has 0 radical (unpaired) electrons. The highest BCUT2D eigenvalue weighted by Gasteiger charge is 2.17. The fraction of sp³-hybridized carbons (Fsp3) is 0.818. The van der Waals surface area contributed by atoms with Gasteiger partial charge in [0.15, 0.2) is 0 Å². The molecule has 0 aliphatic rings. The van der Waals surface area contributed by atoms with E-state index in [2.05, 4.69) is 32.3 Å². The Morgan fingerprint density at radius 1 is 1.46 bits per heavy atom. The van der Waals surface area contributed by atoms with Gasteiger partial charge in [0.25, 0.3) is 0 Å². The highest BCUT2D eigenvalue weighted by atomic mass is 15.2. The van der Waals surface area contributed by atoms with Crippen LogP contribution in [0.3, 0.4) is 0 Å². The second-order valence-electron chi connectivity index (χ2n) is 3.76. The highest BCUT2D eigenvalue weighted by molar-refractivity contribution is 4.82. The quantitative estimate of drug-likeness (QED) is 0.613. The van der Waals surface area contributed by atoms with E-state index in [1.807, 2.05) is 6.08 Å². The Labute approximate surface area is 82.8 Å². The van der Waals surface area contributed by atoms with E-state index in [1.165, 1.54) is 12.8 Å². The Morgan fingerprint density at radius 3 is 2.38 bits per heavy atom. The molecule has 0 fully saturated rings. The van der Waals surface area contributed by atoms with Crippen molar-refractivity contribution >= 4 is 0 Å². The molecule has 2 nitrogen and oxygen atoms in total. The van der Waals surface area contributed by atoms with Crippen molar-refractivity contribution in [3.8, 4) is 0 Å². The minimum absolute atomic E-state index is 0.517. The minimum atomic E-state index is 0.517. The van der Waals surface area contributed by atoms with E-state index in [1.54, 1.807) is 0 Å². The van der Waals surface area contributed by atoms with Gasteiger partial charge in [0, 0.05) is 25.2 Å². The Bertz CT molecular complexity index is 132. The molecule has 1 unspecified atom stereocenters. The SMILES string of the molecule is C=CCN(C(C)C)C(CN)CCC. The van der Waals surface area contributed by atoms with E-state index in [-0.39, 0.29) is 0 Å². The lowest BCUT2D eigenvalue weighted by Crippen LogP contribution is -2.44. The number of hydrogen-bond acceptors (Lipinski definition) is 2. The molecule has 2 N–H and O–H groups in total. The summed E-state index contributed by atoms with van der Waals surface area (Å²) in [4.78, 5) is 2.41. The van der Waals surface area contributed by atoms with Gasteiger partial charge in [-0.2, -0.15) is 0 Å². The average molecular weight is 184 g/mol. The first-order valence-corrected chi connectivity index (χ1v) is 5.24. The monoisotopic (exact) mass is 184 g/mol. The van der Waals surface area contributed by atoms with Crippen molar-refractivity contribution in [3.05, 3.63) is 12.7 Å². The third-order valence-corrected chi connectivity index (χ3v) is 2.37. The summed E-state index contributed by atoms with van der Waals surface area (Å²) >= 11 is 0. The molecule has 78 valence electrons. The maximum Gasteiger partial charge on any atom is 0.0224 e. The van der Waals surface area contributed by atoms with Crippen molar-refractivity contribution in [2.24, 2.45) is 5.73 Å². The lowest BCUT2D eigenvalue weighted by atomic mass is 10.1. The second kappa shape index (κ2) is 7.10. The molecular formula is C11H24N2. The summed E-state index contributed by atoms with van der Waals surface area (Å²) in [6.07, 6.45) is 4.34. The number of hydrogen-bond donors (Lipinski definition) is 1. The fourth-order valence-electron chi connectivity index (χ4n) is 1.68. The van der Waals surface area contributed by atoms with Crippen LogP contribution >= 0.6 is 0 Å². The van der Waals surface area contributed by atoms with Crippen molar-refractivity contribution in [2.45, 2.75) is 45.7 Å². The molecule has 0 saturated carbocycles. The summed E-state index contributed by atoms with van der Waals surface area (Å²) in [5, 5.41) is 0. The van der Waals surface area contributed by atoms with Gasteiger partial charge in [0.2, 0.25) is 0 Å². The van der Waals surface area contributed by atoms with Crippen molar-refractivity contribution in [1.82, 2.24) is 4.90 Å². The van der Waals surface area contributed by atoms with Gasteiger partial charge in [-0.1, -0.05) is 19.4 Å². The van der Waals surface area contributed by atoms with E-state index >= 15 is 0 Å². The Hall–Kier alpha value is -0.340. The molecule has 0 amide bonds. The van der Waals surface area contributed by atoms with Gasteiger partial charge in [0.05, 0.1) is 0 Å². The van der Waals surface area contributed by atoms with E-state index in [0.29, 0.717) is 12.1 Å². The van der Waals surface area contributed by atoms with Crippen LogP contribution in [-0.4, -0.2) is 30.1 Å². The Morgan fingerprint density at radius 2 is 2.08 bits per heavy atom. The Kier molecular flexibility index (Phi) is 6.92. The van der Waals surface area contributed by atoms with Gasteiger partial charge in [0.1, 0.15) is 0 Å². The third kappa shape index (κ3) is 4.44. The molecule has 0 heterocycles. The van der Waals surface area contributed by atoms with Gasteiger partial charge in [-0.25, -0.2) is 0 Å². The zero-order valence-electron chi connectivity index (χ0n) is 9.29. The van der Waals surface area contributed by atoms with Crippen molar-refractivity contribution in [3.63, 3.8) is 0 Å². The Balaban J connectivity index is 4.19. The molecule has 0 aliphatic heterocycles. The molecule has 13 heavy (non-hydrogen) atoms. The van der Waals surface area contributed by atoms with Crippen LogP contribution in [0.25, 0.3) is 0 Å². The largest absolute Gasteiger partial charge is 0.329 e. The van der Waals surface area contributed by atoms with Gasteiger partial charge in [-0.05, 0) is 20.3 Å². The van der Waals surface area contributed by atoms with Gasteiger partial charge in [-0.3, -0.25) is 4.90 Å². The zero-order valence-corrected chi connectivity index (χ0v) is 9.29. The van der Waals surface area contributed by atoms with Crippen LogP contribution in [-0.2, 0) is 0 Å². The highest BCUT2D eigenvalue weighted by Crippen LogP contribution is 2.09. The van der Waals surface area contributed by atoms with Crippen LogP contribution in [0, 0.1) is 0 Å². The molecule has 0 aromatic rings. The topological polar surface area (TPSA) is 29.3 Å². The molecule has 0 aromatic heterocycles. The summed E-state index contributed by atoms with van der Waals surface area (Å²) in [5.41, 5.74) is 5.75. The maximum absolute atomic E-state index is 5.75. The van der Waals surface area contributed by atoms with Gasteiger partial charge in [-0.15, -0.1) is 6.58 Å². The summed E-state index contributed by atoms with van der Waals surface area (Å²) in [6, 6.07) is 1.07. The maximum atomic E-state index is 5.75. The summed E-state index contributed by atoms with van der Waals surface area (Å²) in [5.74, 6) is 0. The standard InChI is InChI=1S/C11H24N2/c1-5-7-11(9-12)13(8-6-2)10(3)4/h6,10-11H,2,5,7-9,12H2,1,3-4H3. The summed E-state index contributed by atoms with van der Waals surface area (Å²) < 4.78 is 0. The third-order valence-electron chi connectivity index (χ3n) is 2.37. The lowest BCUT2D eigenvalue weighted by molar-refractivity contribution is 0.167. The number of nitrogens with two attached hydrogens (primary N) is 1. The zero-order chi connectivity index (χ0) is 10.3. The average Bonchev–Trinajstić information content (AvgIpc) is 2.10. The van der Waals surface area contributed by atoms with Crippen LogP contribution in [0.15, 0.2) is 12.7 Å². The van der Waals surface area contributed by atoms with Crippen LogP contribution in [0.2, 0.25) is 0 Å². The number of rotatable bonds is 7. The van der Waals surface area contributed by atoms with Crippen LogP contribution in [0.5, 0.6) is 0 Å².